The minimum atomic E-state index is -4.77. The molecule has 4 heterocycles. The third-order valence-corrected chi connectivity index (χ3v) is 13.6. The molecule has 6 aromatic rings. The van der Waals surface area contributed by atoms with Crippen LogP contribution in [0.2, 0.25) is 10.0 Å². The number of halogens is 6. The second-order valence-electron chi connectivity index (χ2n) is 15.7. The third kappa shape index (κ3) is 6.07. The molecule has 4 aromatic carbocycles. The van der Waals surface area contributed by atoms with E-state index in [1.165, 1.54) is 6.07 Å². The summed E-state index contributed by atoms with van der Waals surface area (Å²) in [5, 5.41) is 12.2. The van der Waals surface area contributed by atoms with Crippen molar-refractivity contribution in [2.24, 2.45) is 23.7 Å². The number of phenols is 1. The number of anilines is 2. The van der Waals surface area contributed by atoms with Crippen molar-refractivity contribution in [3.63, 3.8) is 0 Å². The number of nitrogens with one attached hydrogen (secondary N) is 1. The second-order valence-corrected chi connectivity index (χ2v) is 17.4. The molecule has 3 fully saturated rings. The summed E-state index contributed by atoms with van der Waals surface area (Å²) in [4.78, 5) is 69.1. The Morgan fingerprint density at radius 3 is 2.34 bits per heavy atom. The number of oxazole rings is 1. The maximum absolute atomic E-state index is 15.4. The molecule has 0 radical (unpaired) electrons. The van der Waals surface area contributed by atoms with Crippen molar-refractivity contribution in [2.45, 2.75) is 30.4 Å². The number of amides is 4. The van der Waals surface area contributed by atoms with Crippen molar-refractivity contribution in [2.75, 3.05) is 10.3 Å². The first-order chi connectivity index (χ1) is 29.7. The Bertz CT molecular complexity index is 2890. The number of fused-ring (bicyclic) bond motifs is 5. The van der Waals surface area contributed by atoms with Crippen molar-refractivity contribution in [1.82, 2.24) is 15.0 Å². The molecule has 1 saturated carbocycles. The first-order valence-electron chi connectivity index (χ1n) is 19.3. The lowest BCUT2D eigenvalue weighted by Gasteiger charge is -2.50. The molecule has 2 aliphatic carbocycles. The van der Waals surface area contributed by atoms with Gasteiger partial charge in [0.1, 0.15) is 11.3 Å². The topological polar surface area (TPSA) is 146 Å². The van der Waals surface area contributed by atoms with E-state index in [4.69, 9.17) is 27.6 Å². The summed E-state index contributed by atoms with van der Waals surface area (Å²) in [5.41, 5.74) is 3.04. The second kappa shape index (κ2) is 14.5. The van der Waals surface area contributed by atoms with Crippen LogP contribution in [-0.2, 0) is 30.8 Å². The lowest BCUT2D eigenvalue weighted by atomic mass is 9.49. The number of carbonyl (C=O) groups is 4. The Hall–Kier alpha value is -6.03. The van der Waals surface area contributed by atoms with Crippen LogP contribution in [0.15, 0.2) is 124 Å². The van der Waals surface area contributed by atoms with Crippen LogP contribution in [0, 0.1) is 23.7 Å². The molecule has 312 valence electrons. The van der Waals surface area contributed by atoms with Gasteiger partial charge in [0.25, 0.3) is 11.8 Å². The van der Waals surface area contributed by atoms with Crippen LogP contribution < -0.4 is 10.3 Å². The normalized spacial score (nSPS) is 24.6. The first kappa shape index (κ1) is 40.1. The van der Waals surface area contributed by atoms with Gasteiger partial charge < -0.3 is 9.52 Å². The summed E-state index contributed by atoms with van der Waals surface area (Å²) in [6.45, 7) is 0. The number of phenolic OH excluding ortho intramolecular Hbond substituents is 1. The van der Waals surface area contributed by atoms with Crippen molar-refractivity contribution in [1.29, 1.82) is 0 Å². The highest BCUT2D eigenvalue weighted by atomic mass is 79.9. The van der Waals surface area contributed by atoms with Gasteiger partial charge in [-0.05, 0) is 97.1 Å². The van der Waals surface area contributed by atoms with Crippen LogP contribution in [0.5, 0.6) is 5.75 Å². The number of hydrazine groups is 1. The molecule has 11 nitrogen and oxygen atoms in total. The standard InChI is InChI=1S/C45H29BrCl2F3N5O6/c46-24-9-16-34(57)30(18-24)37-27-14-15-28-36(42(60)55(40(28)58)26-12-5-21(6-13-26)39-53-33-3-1-2-4-35(33)62-39)29(27)19-31-41(59)56(43(61)44(31,37)22-7-10-25(47)11-8-22)54-38-32(48)17-23(20-52-38)45(49,50)51/h1-14,16-18,20,28-29,31,36-37,57H,15,19H2,(H,52,54)/t28-,29+,31-,36-,37+,44+/m0/s1. The Balaban J connectivity index is 1.08. The van der Waals surface area contributed by atoms with Crippen LogP contribution in [0.4, 0.5) is 24.7 Å². The molecule has 17 heteroatoms. The van der Waals surface area contributed by atoms with Gasteiger partial charge in [0.15, 0.2) is 11.4 Å². The predicted molar refractivity (Wildman–Crippen MR) is 225 cm³/mol. The molecule has 62 heavy (non-hydrogen) atoms. The minimum absolute atomic E-state index is 0.0959. The van der Waals surface area contributed by atoms with E-state index in [2.05, 4.69) is 31.3 Å². The fraction of sp³-hybridized carbons (Fsp3) is 0.200. The number of hydrogen-bond donors (Lipinski definition) is 2. The van der Waals surface area contributed by atoms with E-state index in [0.717, 1.165) is 4.90 Å². The lowest BCUT2D eigenvalue weighted by molar-refractivity contribution is -0.139. The molecule has 0 spiro atoms. The van der Waals surface area contributed by atoms with Crippen LogP contribution in [0.25, 0.3) is 22.6 Å². The average Bonchev–Trinajstić information content (AvgIpc) is 3.87. The number of carbonyl (C=O) groups excluding carboxylic acids is 4. The average molecular weight is 944 g/mol. The number of rotatable bonds is 6. The number of nitrogens with zero attached hydrogens (tertiary/aromatic N) is 4. The van der Waals surface area contributed by atoms with Crippen LogP contribution in [0.3, 0.4) is 0 Å². The zero-order valence-corrected chi connectivity index (χ0v) is 34.8. The van der Waals surface area contributed by atoms with Gasteiger partial charge in [0.05, 0.1) is 39.4 Å². The molecule has 2 aliphatic heterocycles. The lowest BCUT2D eigenvalue weighted by Crippen LogP contribution is -2.53. The summed E-state index contributed by atoms with van der Waals surface area (Å²) in [7, 11) is 0. The van der Waals surface area contributed by atoms with Gasteiger partial charge in [0, 0.05) is 32.7 Å². The molecule has 2 saturated heterocycles. The summed E-state index contributed by atoms with van der Waals surface area (Å²) >= 11 is 16.1. The zero-order chi connectivity index (χ0) is 43.4. The van der Waals surface area contributed by atoms with E-state index >= 15 is 4.79 Å². The van der Waals surface area contributed by atoms with Gasteiger partial charge >= 0.3 is 6.18 Å². The molecule has 10 rings (SSSR count). The smallest absolute Gasteiger partial charge is 0.417 e. The first-order valence-corrected chi connectivity index (χ1v) is 20.9. The molecular weight excluding hydrogens is 914 g/mol. The fourth-order valence-electron chi connectivity index (χ4n) is 9.89. The van der Waals surface area contributed by atoms with Gasteiger partial charge in [-0.25, -0.2) is 9.97 Å². The summed E-state index contributed by atoms with van der Waals surface area (Å²) in [5.74, 6) is -7.68. The number of alkyl halides is 3. The number of allylic oxidation sites excluding steroid dienone is 2. The van der Waals surface area contributed by atoms with Gasteiger partial charge in [-0.1, -0.05) is 75.0 Å². The van der Waals surface area contributed by atoms with E-state index in [0.29, 0.717) is 66.1 Å². The minimum Gasteiger partial charge on any atom is -0.508 e. The Morgan fingerprint density at radius 2 is 1.63 bits per heavy atom. The number of aromatic hydroxyl groups is 1. The molecular formula is C45H29BrCl2F3N5O6. The van der Waals surface area contributed by atoms with E-state index in [-0.39, 0.29) is 30.0 Å². The molecule has 2 aromatic heterocycles. The predicted octanol–water partition coefficient (Wildman–Crippen LogP) is 9.87. The largest absolute Gasteiger partial charge is 0.508 e. The molecule has 6 atom stereocenters. The van der Waals surface area contributed by atoms with Crippen molar-refractivity contribution < 1.29 is 41.9 Å². The summed E-state index contributed by atoms with van der Waals surface area (Å²) in [6.07, 6.45) is -2.39. The maximum Gasteiger partial charge on any atom is 0.417 e. The third-order valence-electron chi connectivity index (χ3n) is 12.5. The summed E-state index contributed by atoms with van der Waals surface area (Å²) in [6, 6.07) is 25.7. The SMILES string of the molecule is O=C1[C@@H]2C[C@@H]3C(=CC[C@@H]4C(=O)N(c5ccc(-c6nc7ccccc7o6)cc5)C(=O)[C@@H]43)[C@H](c3cc(Br)ccc3O)[C@]2(c2ccc(Cl)cc2)C(=O)N1Nc1ncc(C(F)(F)F)cc1Cl. The molecule has 0 unspecified atom stereocenters. The van der Waals surface area contributed by atoms with Crippen LogP contribution >= 0.6 is 39.1 Å². The van der Waals surface area contributed by atoms with Gasteiger partial charge in [-0.2, -0.15) is 18.2 Å². The van der Waals surface area contributed by atoms with Crippen LogP contribution in [-0.4, -0.2) is 43.7 Å². The van der Waals surface area contributed by atoms with E-state index < -0.39 is 75.4 Å². The van der Waals surface area contributed by atoms with E-state index in [1.807, 2.05) is 24.3 Å². The van der Waals surface area contributed by atoms with Crippen molar-refractivity contribution >= 4 is 85.4 Å². The molecule has 4 aliphatic rings. The molecule has 0 bridgehead atoms. The Labute approximate surface area is 368 Å². The van der Waals surface area contributed by atoms with Gasteiger partial charge in [-0.3, -0.25) is 29.5 Å². The highest BCUT2D eigenvalue weighted by Gasteiger charge is 2.70. The monoisotopic (exact) mass is 941 g/mol. The van der Waals surface area contributed by atoms with E-state index in [9.17, 15) is 32.7 Å². The highest BCUT2D eigenvalue weighted by Crippen LogP contribution is 2.65. The quantitative estimate of drug-likeness (QED) is 0.123. The molecule has 4 amide bonds. The highest BCUT2D eigenvalue weighted by molar-refractivity contribution is 9.10. The zero-order valence-electron chi connectivity index (χ0n) is 31.7. The maximum atomic E-state index is 15.4. The molecule has 2 N–H and O–H groups in total. The number of hydrogen-bond acceptors (Lipinski definition) is 9. The van der Waals surface area contributed by atoms with Crippen molar-refractivity contribution in [3.8, 4) is 17.2 Å². The number of pyridine rings is 1. The number of imide groups is 2. The Morgan fingerprint density at radius 1 is 0.887 bits per heavy atom. The van der Waals surface area contributed by atoms with Crippen LogP contribution in [0.1, 0.15) is 35.4 Å². The number of benzene rings is 4. The van der Waals surface area contributed by atoms with Gasteiger partial charge in [0.2, 0.25) is 17.7 Å². The van der Waals surface area contributed by atoms with E-state index in [1.54, 1.807) is 66.7 Å². The van der Waals surface area contributed by atoms with Crippen molar-refractivity contribution in [3.05, 3.63) is 146 Å². The number of aromatic nitrogens is 2. The summed E-state index contributed by atoms with van der Waals surface area (Å²) < 4.78 is 47.1. The fourth-order valence-corrected chi connectivity index (χ4v) is 10.6. The Kier molecular flexibility index (Phi) is 9.39. The van der Waals surface area contributed by atoms with Gasteiger partial charge in [-0.15, -0.1) is 0 Å². The number of para-hydroxylation sites is 2.